The molecule has 0 fully saturated rings. The zero-order valence-corrected chi connectivity index (χ0v) is 11.6. The minimum Gasteiger partial charge on any atom is -0.457 e. The van der Waals surface area contributed by atoms with Crippen molar-refractivity contribution < 1.29 is 22.7 Å². The summed E-state index contributed by atoms with van der Waals surface area (Å²) >= 11 is 0. The molecule has 4 nitrogen and oxygen atoms in total. The molecule has 0 radical (unpaired) electrons. The molecule has 0 aliphatic heterocycles. The highest BCUT2D eigenvalue weighted by molar-refractivity contribution is 5.88. The second-order valence-electron chi connectivity index (χ2n) is 4.56. The summed E-state index contributed by atoms with van der Waals surface area (Å²) in [4.78, 5) is 11.0. The topological polar surface area (TPSA) is 64.3 Å². The van der Waals surface area contributed by atoms with Gasteiger partial charge in [0, 0.05) is 24.4 Å². The SMILES string of the molecule is CC(=O)Nc1cccc(Oc2ccc(N)c(C(F)(F)F)c2)c1. The molecule has 0 aliphatic carbocycles. The molecular formula is C15H13F3N2O2. The number of halogens is 3. The lowest BCUT2D eigenvalue weighted by molar-refractivity contribution is -0.137. The second-order valence-corrected chi connectivity index (χ2v) is 4.56. The van der Waals surface area contributed by atoms with Gasteiger partial charge in [-0.15, -0.1) is 0 Å². The van der Waals surface area contributed by atoms with Gasteiger partial charge in [0.15, 0.2) is 0 Å². The van der Waals surface area contributed by atoms with E-state index in [0.717, 1.165) is 12.1 Å². The summed E-state index contributed by atoms with van der Waals surface area (Å²) in [6.45, 7) is 1.35. The van der Waals surface area contributed by atoms with E-state index in [4.69, 9.17) is 10.5 Å². The van der Waals surface area contributed by atoms with E-state index in [2.05, 4.69) is 5.32 Å². The van der Waals surface area contributed by atoms with Crippen molar-refractivity contribution in [2.24, 2.45) is 0 Å². The van der Waals surface area contributed by atoms with E-state index < -0.39 is 11.7 Å². The second kappa shape index (κ2) is 5.97. The van der Waals surface area contributed by atoms with Crippen LogP contribution in [-0.2, 0) is 11.0 Å². The molecule has 0 bridgehead atoms. The van der Waals surface area contributed by atoms with Crippen LogP contribution in [0.4, 0.5) is 24.5 Å². The quantitative estimate of drug-likeness (QED) is 0.841. The van der Waals surface area contributed by atoms with Crippen molar-refractivity contribution in [3.8, 4) is 11.5 Å². The van der Waals surface area contributed by atoms with Crippen LogP contribution in [0.5, 0.6) is 11.5 Å². The monoisotopic (exact) mass is 310 g/mol. The lowest BCUT2D eigenvalue weighted by Gasteiger charge is -2.13. The smallest absolute Gasteiger partial charge is 0.418 e. The Kier molecular flexibility index (Phi) is 4.25. The summed E-state index contributed by atoms with van der Waals surface area (Å²) in [7, 11) is 0. The van der Waals surface area contributed by atoms with Crippen LogP contribution in [0.1, 0.15) is 12.5 Å². The van der Waals surface area contributed by atoms with Crippen LogP contribution >= 0.6 is 0 Å². The molecule has 3 N–H and O–H groups in total. The Morgan fingerprint density at radius 3 is 2.45 bits per heavy atom. The van der Waals surface area contributed by atoms with Gasteiger partial charge >= 0.3 is 6.18 Å². The van der Waals surface area contributed by atoms with Gasteiger partial charge in [-0.1, -0.05) is 6.07 Å². The maximum Gasteiger partial charge on any atom is 0.418 e. The molecule has 0 unspecified atom stereocenters. The number of nitrogen functional groups attached to an aromatic ring is 1. The minimum absolute atomic E-state index is 0.00139. The number of hydrogen-bond acceptors (Lipinski definition) is 3. The maximum atomic E-state index is 12.8. The van der Waals surface area contributed by atoms with Gasteiger partial charge in [0.25, 0.3) is 0 Å². The van der Waals surface area contributed by atoms with Crippen LogP contribution < -0.4 is 15.8 Å². The molecular weight excluding hydrogens is 297 g/mol. The predicted octanol–water partition coefficient (Wildman–Crippen LogP) is 4.04. The Morgan fingerprint density at radius 1 is 1.14 bits per heavy atom. The van der Waals surface area contributed by atoms with Crippen LogP contribution in [0.25, 0.3) is 0 Å². The zero-order valence-electron chi connectivity index (χ0n) is 11.6. The van der Waals surface area contributed by atoms with Crippen LogP contribution in [0.3, 0.4) is 0 Å². The van der Waals surface area contributed by atoms with Gasteiger partial charge in [-0.05, 0) is 30.3 Å². The zero-order chi connectivity index (χ0) is 16.3. The normalized spacial score (nSPS) is 11.1. The van der Waals surface area contributed by atoms with Gasteiger partial charge in [-0.2, -0.15) is 13.2 Å². The highest BCUT2D eigenvalue weighted by Gasteiger charge is 2.33. The molecule has 2 rings (SSSR count). The van der Waals surface area contributed by atoms with Crippen LogP contribution in [0.15, 0.2) is 42.5 Å². The van der Waals surface area contributed by atoms with Gasteiger partial charge in [0.05, 0.1) is 5.56 Å². The third kappa shape index (κ3) is 3.91. The number of hydrogen-bond donors (Lipinski definition) is 2. The molecule has 0 saturated carbocycles. The molecule has 0 aromatic heterocycles. The first kappa shape index (κ1) is 15.7. The first-order valence-electron chi connectivity index (χ1n) is 6.28. The number of ether oxygens (including phenoxy) is 1. The summed E-state index contributed by atoms with van der Waals surface area (Å²) < 4.78 is 43.8. The Hall–Kier alpha value is -2.70. The number of benzene rings is 2. The van der Waals surface area contributed by atoms with Crippen molar-refractivity contribution in [1.82, 2.24) is 0 Å². The Balaban J connectivity index is 2.26. The summed E-state index contributed by atoms with van der Waals surface area (Å²) in [5.41, 5.74) is 4.48. The van der Waals surface area contributed by atoms with Crippen LogP contribution in [0, 0.1) is 0 Å². The number of carbonyl (C=O) groups excluding carboxylic acids is 1. The summed E-state index contributed by atoms with van der Waals surface area (Å²) in [5, 5.41) is 2.56. The Morgan fingerprint density at radius 2 is 1.82 bits per heavy atom. The molecule has 2 aromatic carbocycles. The molecule has 0 saturated heterocycles. The van der Waals surface area contributed by atoms with Crippen molar-refractivity contribution >= 4 is 17.3 Å². The van der Waals surface area contributed by atoms with Crippen molar-refractivity contribution in [3.05, 3.63) is 48.0 Å². The van der Waals surface area contributed by atoms with E-state index in [-0.39, 0.29) is 17.3 Å². The molecule has 2 aromatic rings. The van der Waals surface area contributed by atoms with Gasteiger partial charge in [-0.3, -0.25) is 4.79 Å². The maximum absolute atomic E-state index is 12.8. The lowest BCUT2D eigenvalue weighted by atomic mass is 10.1. The first-order valence-corrected chi connectivity index (χ1v) is 6.28. The summed E-state index contributed by atoms with van der Waals surface area (Å²) in [5.74, 6) is 0.0367. The molecule has 7 heteroatoms. The van der Waals surface area contributed by atoms with E-state index >= 15 is 0 Å². The fourth-order valence-electron chi connectivity index (χ4n) is 1.82. The van der Waals surface area contributed by atoms with Crippen molar-refractivity contribution in [2.45, 2.75) is 13.1 Å². The van der Waals surface area contributed by atoms with Gasteiger partial charge in [0.1, 0.15) is 11.5 Å². The van der Waals surface area contributed by atoms with Gasteiger partial charge < -0.3 is 15.8 Å². The first-order chi connectivity index (χ1) is 10.3. The number of nitrogens with one attached hydrogen (secondary N) is 1. The third-order valence-corrected chi connectivity index (χ3v) is 2.72. The van der Waals surface area contributed by atoms with E-state index in [1.165, 1.54) is 19.1 Å². The predicted molar refractivity (Wildman–Crippen MR) is 76.7 cm³/mol. The van der Waals surface area contributed by atoms with E-state index in [0.29, 0.717) is 11.4 Å². The van der Waals surface area contributed by atoms with Crippen molar-refractivity contribution in [2.75, 3.05) is 11.1 Å². The number of nitrogens with two attached hydrogens (primary N) is 1. The summed E-state index contributed by atoms with van der Waals surface area (Å²) in [6.07, 6.45) is -4.55. The van der Waals surface area contributed by atoms with Gasteiger partial charge in [0.2, 0.25) is 5.91 Å². The molecule has 116 valence electrons. The largest absolute Gasteiger partial charge is 0.457 e. The lowest BCUT2D eigenvalue weighted by Crippen LogP contribution is -2.09. The molecule has 1 amide bonds. The average molecular weight is 310 g/mol. The summed E-state index contributed by atoms with van der Waals surface area (Å²) in [6, 6.07) is 9.63. The highest BCUT2D eigenvalue weighted by atomic mass is 19.4. The van der Waals surface area contributed by atoms with Crippen LogP contribution in [0.2, 0.25) is 0 Å². The molecule has 0 heterocycles. The van der Waals surface area contributed by atoms with E-state index in [9.17, 15) is 18.0 Å². The number of rotatable bonds is 3. The third-order valence-electron chi connectivity index (χ3n) is 2.72. The molecule has 0 aliphatic rings. The van der Waals surface area contributed by atoms with E-state index in [1.54, 1.807) is 18.2 Å². The Bertz CT molecular complexity index is 699. The van der Waals surface area contributed by atoms with Crippen molar-refractivity contribution in [3.63, 3.8) is 0 Å². The number of alkyl halides is 3. The van der Waals surface area contributed by atoms with Crippen molar-refractivity contribution in [1.29, 1.82) is 0 Å². The number of carbonyl (C=O) groups is 1. The fourth-order valence-corrected chi connectivity index (χ4v) is 1.82. The minimum atomic E-state index is -4.55. The Labute approximate surface area is 124 Å². The van der Waals surface area contributed by atoms with E-state index in [1.807, 2.05) is 0 Å². The molecule has 0 atom stereocenters. The molecule has 0 spiro atoms. The number of amides is 1. The standard InChI is InChI=1S/C15H13F3N2O2/c1-9(21)20-10-3-2-4-11(7-10)22-12-5-6-14(19)13(8-12)15(16,17)18/h2-8H,19H2,1H3,(H,20,21). The van der Waals surface area contributed by atoms with Crippen LogP contribution in [-0.4, -0.2) is 5.91 Å². The number of anilines is 2. The van der Waals surface area contributed by atoms with Gasteiger partial charge in [-0.25, -0.2) is 0 Å². The average Bonchev–Trinajstić information content (AvgIpc) is 2.39. The highest BCUT2D eigenvalue weighted by Crippen LogP contribution is 2.36. The molecule has 22 heavy (non-hydrogen) atoms. The fraction of sp³-hybridized carbons (Fsp3) is 0.133.